The molecule has 3 amide bonds. The lowest BCUT2D eigenvalue weighted by Crippen LogP contribution is -2.60. The van der Waals surface area contributed by atoms with Gasteiger partial charge in [0.2, 0.25) is 11.8 Å². The van der Waals surface area contributed by atoms with Gasteiger partial charge in [-0.1, -0.05) is 45.6 Å². The first kappa shape index (κ1) is 31.4. The predicted octanol–water partition coefficient (Wildman–Crippen LogP) is 5.76. The molecule has 214 valence electrons. The number of hydrogen-bond donors (Lipinski definition) is 3. The van der Waals surface area contributed by atoms with Gasteiger partial charge in [0, 0.05) is 11.6 Å². The molecule has 2 rings (SSSR count). The van der Waals surface area contributed by atoms with Gasteiger partial charge in [-0.15, -0.1) is 0 Å². The highest BCUT2D eigenvalue weighted by Crippen LogP contribution is 2.33. The Balaban J connectivity index is 2.57. The van der Waals surface area contributed by atoms with E-state index in [9.17, 15) is 19.5 Å². The van der Waals surface area contributed by atoms with Crippen molar-refractivity contribution in [3.8, 4) is 5.75 Å². The number of benzene rings is 1. The van der Waals surface area contributed by atoms with Gasteiger partial charge in [-0.05, 0) is 90.5 Å². The summed E-state index contributed by atoms with van der Waals surface area (Å²) in [5.41, 5.74) is -0.261. The van der Waals surface area contributed by atoms with Crippen LogP contribution in [0.4, 0.5) is 4.79 Å². The van der Waals surface area contributed by atoms with E-state index < -0.39 is 29.3 Å². The van der Waals surface area contributed by atoms with E-state index in [4.69, 9.17) is 4.74 Å². The van der Waals surface area contributed by atoms with Crippen LogP contribution in [-0.2, 0) is 14.3 Å². The van der Waals surface area contributed by atoms with Gasteiger partial charge in [0.1, 0.15) is 23.4 Å². The topological polar surface area (TPSA) is 108 Å². The zero-order valence-corrected chi connectivity index (χ0v) is 24.8. The summed E-state index contributed by atoms with van der Waals surface area (Å²) in [4.78, 5) is 42.7. The first-order chi connectivity index (χ1) is 17.5. The van der Waals surface area contributed by atoms with E-state index in [0.717, 1.165) is 32.1 Å². The Labute approximate surface area is 228 Å². The summed E-state index contributed by atoms with van der Waals surface area (Å²) < 4.78 is 5.47. The second-order valence-corrected chi connectivity index (χ2v) is 12.7. The lowest BCUT2D eigenvalue weighted by Gasteiger charge is -2.44. The number of rotatable bonds is 8. The minimum Gasteiger partial charge on any atom is -0.508 e. The third-order valence-corrected chi connectivity index (χ3v) is 7.11. The molecule has 1 aliphatic carbocycles. The van der Waals surface area contributed by atoms with Crippen molar-refractivity contribution in [2.75, 3.05) is 0 Å². The molecule has 8 nitrogen and oxygen atoms in total. The molecule has 1 aromatic rings. The van der Waals surface area contributed by atoms with Crippen molar-refractivity contribution >= 4 is 17.9 Å². The average molecular weight is 532 g/mol. The van der Waals surface area contributed by atoms with Crippen LogP contribution in [0.15, 0.2) is 18.2 Å². The fourth-order valence-corrected chi connectivity index (χ4v) is 4.91. The fourth-order valence-electron chi connectivity index (χ4n) is 4.91. The highest BCUT2D eigenvalue weighted by atomic mass is 16.6. The quantitative estimate of drug-likeness (QED) is 0.395. The highest BCUT2D eigenvalue weighted by Gasteiger charge is 2.43. The first-order valence-electron chi connectivity index (χ1n) is 14.0. The van der Waals surface area contributed by atoms with Crippen LogP contribution in [0.2, 0.25) is 0 Å². The van der Waals surface area contributed by atoms with E-state index in [1.807, 2.05) is 34.6 Å². The Morgan fingerprint density at radius 1 is 1.08 bits per heavy atom. The minimum atomic E-state index is -0.948. The maximum atomic E-state index is 14.4. The molecule has 0 bridgehead atoms. The van der Waals surface area contributed by atoms with Crippen molar-refractivity contribution in [1.29, 1.82) is 0 Å². The molecule has 3 N–H and O–H groups in total. The van der Waals surface area contributed by atoms with Gasteiger partial charge in [-0.3, -0.25) is 9.59 Å². The van der Waals surface area contributed by atoms with Gasteiger partial charge < -0.3 is 25.4 Å². The van der Waals surface area contributed by atoms with Gasteiger partial charge >= 0.3 is 6.09 Å². The Morgan fingerprint density at radius 3 is 2.18 bits per heavy atom. The average Bonchev–Trinajstić information content (AvgIpc) is 2.80. The molecule has 3 atom stereocenters. The molecule has 0 radical (unpaired) electrons. The lowest BCUT2D eigenvalue weighted by molar-refractivity contribution is -0.149. The summed E-state index contributed by atoms with van der Waals surface area (Å²) in [5, 5.41) is 16.2. The summed E-state index contributed by atoms with van der Waals surface area (Å²) in [7, 11) is 0. The van der Waals surface area contributed by atoms with Crippen LogP contribution in [0.5, 0.6) is 5.75 Å². The van der Waals surface area contributed by atoms with E-state index in [0.29, 0.717) is 17.5 Å². The number of phenolic OH excluding ortho intramolecular Hbond substituents is 1. The number of ether oxygens (including phenoxy) is 1. The van der Waals surface area contributed by atoms with E-state index in [2.05, 4.69) is 10.6 Å². The zero-order valence-electron chi connectivity index (χ0n) is 24.8. The largest absolute Gasteiger partial charge is 0.508 e. The smallest absolute Gasteiger partial charge is 0.408 e. The maximum absolute atomic E-state index is 14.4. The predicted molar refractivity (Wildman–Crippen MR) is 150 cm³/mol. The number of carbonyl (C=O) groups is 3. The summed E-state index contributed by atoms with van der Waals surface area (Å²) in [5.74, 6) is -0.695. The van der Waals surface area contributed by atoms with Gasteiger partial charge in [0.15, 0.2) is 0 Å². The number of alkyl carbamates (subject to hydrolysis) is 1. The monoisotopic (exact) mass is 531 g/mol. The van der Waals surface area contributed by atoms with Crippen LogP contribution in [0.1, 0.15) is 111 Å². The van der Waals surface area contributed by atoms with Crippen molar-refractivity contribution in [2.24, 2.45) is 5.92 Å². The van der Waals surface area contributed by atoms with Gasteiger partial charge in [-0.25, -0.2) is 4.79 Å². The van der Waals surface area contributed by atoms with E-state index in [-0.39, 0.29) is 29.5 Å². The van der Waals surface area contributed by atoms with Crippen LogP contribution in [0.3, 0.4) is 0 Å². The molecule has 0 spiro atoms. The van der Waals surface area contributed by atoms with Gasteiger partial charge in [0.05, 0.1) is 0 Å². The summed E-state index contributed by atoms with van der Waals surface area (Å²) in [6.07, 6.45) is 5.07. The lowest BCUT2D eigenvalue weighted by atomic mass is 9.90. The third-order valence-electron chi connectivity index (χ3n) is 7.11. The van der Waals surface area contributed by atoms with Crippen LogP contribution in [0.25, 0.3) is 0 Å². The molecule has 1 aromatic carbocycles. The molecular formula is C30H49N3O5. The minimum absolute atomic E-state index is 0.0548. The molecular weight excluding hydrogens is 482 g/mol. The number of amides is 3. The van der Waals surface area contributed by atoms with Crippen molar-refractivity contribution in [3.05, 3.63) is 29.3 Å². The zero-order chi connectivity index (χ0) is 28.8. The summed E-state index contributed by atoms with van der Waals surface area (Å²) in [6.45, 7) is 16.6. The van der Waals surface area contributed by atoms with E-state index in [1.54, 1.807) is 50.8 Å². The van der Waals surface area contributed by atoms with Crippen molar-refractivity contribution in [2.45, 2.75) is 130 Å². The standard InChI is InChI=1S/C30H49N3O5/c1-10-19(2)24(32-28(37)38-30(7,8)9)27(36)33(29(4,5)6)25(21-16-17-23(34)20(3)18-21)26(35)31-22-14-12-11-13-15-22/h16-19,22,24-25,34H,10-15H2,1-9H3,(H,31,35)(H,32,37). The van der Waals surface area contributed by atoms with Gasteiger partial charge in [-0.2, -0.15) is 0 Å². The SMILES string of the molecule is CCC(C)C(NC(=O)OC(C)(C)C)C(=O)N(C(C(=O)NC1CCCCC1)c1ccc(O)c(C)c1)C(C)(C)C. The van der Waals surface area contributed by atoms with Crippen molar-refractivity contribution < 1.29 is 24.2 Å². The molecule has 1 saturated carbocycles. The molecule has 0 aliphatic heterocycles. The molecule has 38 heavy (non-hydrogen) atoms. The molecule has 0 heterocycles. The Hall–Kier alpha value is -2.77. The number of aryl methyl sites for hydroxylation is 1. The van der Waals surface area contributed by atoms with Crippen LogP contribution >= 0.6 is 0 Å². The highest BCUT2D eigenvalue weighted by molar-refractivity contribution is 5.93. The number of carbonyl (C=O) groups excluding carboxylic acids is 3. The van der Waals surface area contributed by atoms with Crippen LogP contribution in [-0.4, -0.2) is 51.1 Å². The molecule has 8 heteroatoms. The Bertz CT molecular complexity index is 973. The summed E-state index contributed by atoms with van der Waals surface area (Å²) >= 11 is 0. The summed E-state index contributed by atoms with van der Waals surface area (Å²) in [6, 6.07) is 3.22. The molecule has 3 unspecified atom stereocenters. The van der Waals surface area contributed by atoms with Crippen molar-refractivity contribution in [3.63, 3.8) is 0 Å². The Kier molecular flexibility index (Phi) is 10.6. The second kappa shape index (κ2) is 12.9. The number of phenols is 1. The molecule has 1 fully saturated rings. The van der Waals surface area contributed by atoms with Crippen molar-refractivity contribution in [1.82, 2.24) is 15.5 Å². The normalized spacial score (nSPS) is 17.2. The third kappa shape index (κ3) is 8.63. The number of hydrogen-bond acceptors (Lipinski definition) is 5. The fraction of sp³-hybridized carbons (Fsp3) is 0.700. The van der Waals surface area contributed by atoms with Crippen LogP contribution in [0, 0.1) is 12.8 Å². The Morgan fingerprint density at radius 2 is 1.68 bits per heavy atom. The second-order valence-electron chi connectivity index (χ2n) is 12.7. The number of aromatic hydroxyl groups is 1. The van der Waals surface area contributed by atoms with E-state index >= 15 is 0 Å². The van der Waals surface area contributed by atoms with Gasteiger partial charge in [0.25, 0.3) is 0 Å². The number of nitrogens with one attached hydrogen (secondary N) is 2. The molecule has 1 aliphatic rings. The van der Waals surface area contributed by atoms with E-state index in [1.165, 1.54) is 0 Å². The maximum Gasteiger partial charge on any atom is 0.408 e. The number of nitrogens with zero attached hydrogens (tertiary/aromatic N) is 1. The molecule has 0 saturated heterocycles. The molecule has 0 aromatic heterocycles. The van der Waals surface area contributed by atoms with Crippen LogP contribution < -0.4 is 10.6 Å². The first-order valence-corrected chi connectivity index (χ1v) is 14.0.